The van der Waals surface area contributed by atoms with Gasteiger partial charge in [0.15, 0.2) is 0 Å². The van der Waals surface area contributed by atoms with Crippen LogP contribution in [0, 0.1) is 0 Å². The van der Waals surface area contributed by atoms with Crippen molar-refractivity contribution in [3.05, 3.63) is 76.1 Å². The van der Waals surface area contributed by atoms with E-state index in [4.69, 9.17) is 4.74 Å². The molecule has 188 valence electrons. The van der Waals surface area contributed by atoms with Gasteiger partial charge in [-0.1, -0.05) is 43.3 Å². The molecule has 0 spiro atoms. The molecule has 3 N–H and O–H groups in total. The molecule has 0 unspecified atom stereocenters. The van der Waals surface area contributed by atoms with Crippen LogP contribution in [0.25, 0.3) is 10.9 Å². The number of aromatic hydroxyl groups is 1. The van der Waals surface area contributed by atoms with Gasteiger partial charge in [0.05, 0.1) is 25.2 Å². The zero-order chi connectivity index (χ0) is 25.0. The molecule has 0 saturated heterocycles. The largest absolute Gasteiger partial charge is 0.506 e. The molecule has 35 heavy (non-hydrogen) atoms. The van der Waals surface area contributed by atoms with Crippen LogP contribution in [0.15, 0.2) is 59.4 Å². The lowest BCUT2D eigenvalue weighted by Gasteiger charge is -2.29. The van der Waals surface area contributed by atoms with Crippen molar-refractivity contribution in [2.75, 3.05) is 32.8 Å². The topological polar surface area (TPSA) is 94.7 Å². The van der Waals surface area contributed by atoms with E-state index in [9.17, 15) is 14.7 Å². The number of amides is 1. The molecule has 0 aliphatic rings. The van der Waals surface area contributed by atoms with Crippen molar-refractivity contribution >= 4 is 16.8 Å². The van der Waals surface area contributed by atoms with Crippen LogP contribution in [0.2, 0.25) is 0 Å². The van der Waals surface area contributed by atoms with Gasteiger partial charge >= 0.3 is 0 Å². The maximum absolute atomic E-state index is 12.8. The zero-order valence-corrected chi connectivity index (χ0v) is 20.8. The molecule has 0 fully saturated rings. The van der Waals surface area contributed by atoms with E-state index in [1.54, 1.807) is 12.1 Å². The number of phenols is 1. The van der Waals surface area contributed by atoms with Crippen LogP contribution >= 0.6 is 0 Å². The van der Waals surface area contributed by atoms with Crippen molar-refractivity contribution in [1.29, 1.82) is 0 Å². The average molecular weight is 480 g/mol. The molecule has 0 bridgehead atoms. The summed E-state index contributed by atoms with van der Waals surface area (Å²) >= 11 is 0. The van der Waals surface area contributed by atoms with Gasteiger partial charge in [0, 0.05) is 30.6 Å². The summed E-state index contributed by atoms with van der Waals surface area (Å²) in [7, 11) is 0. The van der Waals surface area contributed by atoms with Gasteiger partial charge < -0.3 is 25.0 Å². The number of benzene rings is 2. The van der Waals surface area contributed by atoms with E-state index >= 15 is 0 Å². The Bertz CT molecular complexity index is 1130. The normalized spacial score (nSPS) is 12.1. The van der Waals surface area contributed by atoms with Crippen molar-refractivity contribution in [2.24, 2.45) is 0 Å². The number of carbonyl (C=O) groups excluding carboxylic acids is 1. The number of H-pyrrole nitrogens is 1. The van der Waals surface area contributed by atoms with Crippen molar-refractivity contribution in [3.8, 4) is 5.75 Å². The molecular weight excluding hydrogens is 442 g/mol. The number of aromatic nitrogens is 1. The summed E-state index contributed by atoms with van der Waals surface area (Å²) in [4.78, 5) is 29.1. The molecule has 0 aliphatic heterocycles. The summed E-state index contributed by atoms with van der Waals surface area (Å²) in [5.74, 6) is 0.190. The number of fused-ring (bicyclic) bond motifs is 1. The Morgan fingerprint density at radius 3 is 2.63 bits per heavy atom. The Kier molecular flexibility index (Phi) is 10.3. The molecule has 1 amide bonds. The first-order valence-electron chi connectivity index (χ1n) is 12.4. The smallest absolute Gasteiger partial charge is 0.248 e. The molecular formula is C28H37N3O4. The second kappa shape index (κ2) is 13.7. The average Bonchev–Trinajstić information content (AvgIpc) is 2.87. The number of aromatic amines is 1. The lowest BCUT2D eigenvalue weighted by atomic mass is 10.0. The predicted molar refractivity (Wildman–Crippen MR) is 140 cm³/mol. The van der Waals surface area contributed by atoms with Crippen LogP contribution < -0.4 is 10.9 Å². The highest BCUT2D eigenvalue weighted by atomic mass is 16.5. The third-order valence-corrected chi connectivity index (χ3v) is 6.35. The summed E-state index contributed by atoms with van der Waals surface area (Å²) in [6, 6.07) is 17.1. The monoisotopic (exact) mass is 479 g/mol. The second-order valence-corrected chi connectivity index (χ2v) is 8.80. The van der Waals surface area contributed by atoms with Crippen molar-refractivity contribution in [3.63, 3.8) is 0 Å². The number of ether oxygens (including phenoxy) is 1. The summed E-state index contributed by atoms with van der Waals surface area (Å²) in [5, 5.41) is 14.3. The second-order valence-electron chi connectivity index (χ2n) is 8.80. The molecule has 0 saturated carbocycles. The minimum Gasteiger partial charge on any atom is -0.506 e. The van der Waals surface area contributed by atoms with Crippen LogP contribution in [0.4, 0.5) is 0 Å². The highest BCUT2D eigenvalue weighted by Crippen LogP contribution is 2.24. The quantitative estimate of drug-likeness (QED) is 0.307. The summed E-state index contributed by atoms with van der Waals surface area (Å²) < 4.78 is 5.71. The number of hydrogen-bond donors (Lipinski definition) is 3. The van der Waals surface area contributed by atoms with Crippen molar-refractivity contribution < 1.29 is 14.6 Å². The van der Waals surface area contributed by atoms with Crippen molar-refractivity contribution in [1.82, 2.24) is 15.2 Å². The Hall–Kier alpha value is -3.16. The van der Waals surface area contributed by atoms with E-state index in [0.29, 0.717) is 38.2 Å². The van der Waals surface area contributed by atoms with E-state index in [1.807, 2.05) is 29.2 Å². The first-order valence-corrected chi connectivity index (χ1v) is 12.4. The van der Waals surface area contributed by atoms with Crippen LogP contribution in [-0.2, 0) is 22.4 Å². The van der Waals surface area contributed by atoms with E-state index < -0.39 is 0 Å². The van der Waals surface area contributed by atoms with Gasteiger partial charge in [-0.05, 0) is 56.0 Å². The van der Waals surface area contributed by atoms with E-state index in [1.165, 1.54) is 11.6 Å². The van der Waals surface area contributed by atoms with Gasteiger partial charge in [-0.25, -0.2) is 0 Å². The van der Waals surface area contributed by atoms with Gasteiger partial charge in [-0.15, -0.1) is 0 Å². The molecule has 7 nitrogen and oxygen atoms in total. The van der Waals surface area contributed by atoms with Gasteiger partial charge in [-0.3, -0.25) is 9.59 Å². The lowest BCUT2D eigenvalue weighted by Crippen LogP contribution is -2.43. The lowest BCUT2D eigenvalue weighted by molar-refractivity contribution is -0.134. The third kappa shape index (κ3) is 7.94. The third-order valence-electron chi connectivity index (χ3n) is 6.35. The molecule has 7 heteroatoms. The molecule has 2 aromatic carbocycles. The highest BCUT2D eigenvalue weighted by Gasteiger charge is 2.18. The SMILES string of the molecule is CC[C@@H](C)N(CCNCCc1ccc(O)c2[nH]c(=O)ccc12)C(=O)CCOCCc1ccccc1. The number of carbonyl (C=O) groups is 1. The molecule has 3 aromatic rings. The standard InChI is InChI=1S/C28H37N3O4/c1-3-21(2)31(27(34)15-20-35-19-14-22-7-5-4-6-8-22)18-17-29-16-13-23-9-11-25(32)28-24(23)10-12-26(33)30-28/h4-12,21,29,32H,3,13-20H2,1-2H3,(H,30,33)/t21-/m1/s1. The Morgan fingerprint density at radius 2 is 1.86 bits per heavy atom. The van der Waals surface area contributed by atoms with Crippen LogP contribution in [0.3, 0.4) is 0 Å². The maximum atomic E-state index is 12.8. The number of nitrogens with zero attached hydrogens (tertiary/aromatic N) is 1. The van der Waals surface area contributed by atoms with Gasteiger partial charge in [0.2, 0.25) is 11.5 Å². The summed E-state index contributed by atoms with van der Waals surface area (Å²) in [5.41, 5.74) is 2.51. The molecule has 1 atom stereocenters. The molecule has 1 aromatic heterocycles. The number of hydrogen-bond acceptors (Lipinski definition) is 5. The predicted octanol–water partition coefficient (Wildman–Crippen LogP) is 3.64. The van der Waals surface area contributed by atoms with Crippen molar-refractivity contribution in [2.45, 2.75) is 45.6 Å². The number of pyridine rings is 1. The maximum Gasteiger partial charge on any atom is 0.248 e. The van der Waals surface area contributed by atoms with Gasteiger partial charge in [0.25, 0.3) is 0 Å². The van der Waals surface area contributed by atoms with E-state index in [2.05, 4.69) is 36.3 Å². The fourth-order valence-electron chi connectivity index (χ4n) is 4.11. The Balaban J connectivity index is 1.41. The number of phenolic OH excluding ortho intramolecular Hbond substituents is 1. The zero-order valence-electron chi connectivity index (χ0n) is 20.8. The highest BCUT2D eigenvalue weighted by molar-refractivity contribution is 5.87. The van der Waals surface area contributed by atoms with Crippen LogP contribution in [0.5, 0.6) is 5.75 Å². The number of rotatable bonds is 14. The molecule has 1 heterocycles. The van der Waals surface area contributed by atoms with E-state index in [-0.39, 0.29) is 23.3 Å². The minimum absolute atomic E-state index is 0.0705. The first-order chi connectivity index (χ1) is 17.0. The summed E-state index contributed by atoms with van der Waals surface area (Å²) in [6.45, 7) is 7.28. The Morgan fingerprint density at radius 1 is 1.06 bits per heavy atom. The minimum atomic E-state index is -0.237. The molecule has 3 rings (SSSR count). The first kappa shape index (κ1) is 26.4. The number of nitrogens with one attached hydrogen (secondary N) is 2. The van der Waals surface area contributed by atoms with Crippen LogP contribution in [0.1, 0.15) is 37.8 Å². The summed E-state index contributed by atoms with van der Waals surface area (Å²) in [6.07, 6.45) is 2.88. The van der Waals surface area contributed by atoms with Gasteiger partial charge in [-0.2, -0.15) is 0 Å². The fraction of sp³-hybridized carbons (Fsp3) is 0.429. The van der Waals surface area contributed by atoms with E-state index in [0.717, 1.165) is 36.8 Å². The van der Waals surface area contributed by atoms with Crippen LogP contribution in [-0.4, -0.2) is 59.8 Å². The fourth-order valence-corrected chi connectivity index (χ4v) is 4.11. The molecule has 0 radical (unpaired) electrons. The Labute approximate surface area is 207 Å². The van der Waals surface area contributed by atoms with Gasteiger partial charge in [0.1, 0.15) is 5.75 Å². The molecule has 0 aliphatic carbocycles.